The Kier molecular flexibility index (Phi) is 37.9. The molecule has 0 amide bonds. The lowest BCUT2D eigenvalue weighted by atomic mass is 9.83. The number of benzene rings is 5. The van der Waals surface area contributed by atoms with Crippen LogP contribution in [-0.4, -0.2) is 72.3 Å². The number of ether oxygens (including phenoxy) is 7. The van der Waals surface area contributed by atoms with Crippen LogP contribution >= 0.6 is 7.60 Å². The van der Waals surface area contributed by atoms with Gasteiger partial charge in [-0.25, -0.2) is 0 Å². The molecule has 0 radical (unpaired) electrons. The van der Waals surface area contributed by atoms with E-state index in [2.05, 4.69) is 13.8 Å². The zero-order valence-corrected chi connectivity index (χ0v) is 55.7. The zero-order chi connectivity index (χ0) is 63.4. The standard InChI is InChI=1S/C77H111O12P/c1-3-5-7-9-11-13-15-17-19-21-23-25-42-54-70(78)82-63-69(88-71(79)55-43-26-24-22-20-18-16-14-12-10-8-6-4-2)56-57-90(80,81)89-77-75(86-61-67-50-38-30-39-51-67)73(84-59-65-46-34-28-35-47-65)72(83-58-64-44-32-27-33-45-64)74(85-60-66-48-36-29-37-49-66)76(77)87-62-68-52-40-31-41-53-68/h27-41,44-53,69,72-77H,3-26,42-43,54-63H2,1-2H3,(H,80,81)/t69?,72-,73-,74+,75-,76-,77-/m0/s1. The first kappa shape index (κ1) is 74.0. The van der Waals surface area contributed by atoms with E-state index in [-0.39, 0.29) is 64.9 Å². The molecule has 90 heavy (non-hydrogen) atoms. The highest BCUT2D eigenvalue weighted by molar-refractivity contribution is 7.52. The monoisotopic (exact) mass is 1260 g/mol. The Bertz CT molecular complexity index is 2510. The molecule has 1 aliphatic carbocycles. The minimum absolute atomic E-state index is 0.0978. The summed E-state index contributed by atoms with van der Waals surface area (Å²) in [6, 6.07) is 48.9. The summed E-state index contributed by atoms with van der Waals surface area (Å²) in [5.74, 6) is -0.816. The van der Waals surface area contributed by atoms with E-state index in [1.807, 2.05) is 152 Å². The quantitative estimate of drug-likeness (QED) is 0.0225. The Morgan fingerprint density at radius 1 is 0.367 bits per heavy atom. The van der Waals surface area contributed by atoms with Gasteiger partial charge in [0.25, 0.3) is 0 Å². The number of rotatable bonds is 51. The molecule has 2 unspecified atom stereocenters. The smallest absolute Gasteiger partial charge is 0.328 e. The van der Waals surface area contributed by atoms with Crippen molar-refractivity contribution in [1.29, 1.82) is 0 Å². The minimum Gasteiger partial charge on any atom is -0.462 e. The lowest BCUT2D eigenvalue weighted by Gasteiger charge is -2.50. The first-order valence-electron chi connectivity index (χ1n) is 34.8. The molecule has 5 aromatic carbocycles. The summed E-state index contributed by atoms with van der Waals surface area (Å²) in [5.41, 5.74) is 4.45. The fourth-order valence-corrected chi connectivity index (χ4v) is 13.2. The Morgan fingerprint density at radius 2 is 0.622 bits per heavy atom. The summed E-state index contributed by atoms with van der Waals surface area (Å²) >= 11 is 0. The lowest BCUT2D eigenvalue weighted by Crippen LogP contribution is -2.67. The maximum absolute atomic E-state index is 15.2. The van der Waals surface area contributed by atoms with Crippen molar-refractivity contribution in [3.8, 4) is 0 Å². The van der Waals surface area contributed by atoms with Gasteiger partial charge >= 0.3 is 19.5 Å². The topological polar surface area (TPSA) is 145 Å². The first-order valence-corrected chi connectivity index (χ1v) is 36.6. The van der Waals surface area contributed by atoms with Crippen molar-refractivity contribution < 1.29 is 56.7 Å². The number of hydrogen-bond acceptors (Lipinski definition) is 11. The molecular formula is C77H111O12P. The Balaban J connectivity index is 1.21. The average molecular weight is 1260 g/mol. The normalized spacial score (nSPS) is 18.4. The molecule has 1 fully saturated rings. The van der Waals surface area contributed by atoms with E-state index in [1.54, 1.807) is 0 Å². The van der Waals surface area contributed by atoms with Crippen LogP contribution in [0, 0.1) is 0 Å². The largest absolute Gasteiger partial charge is 0.462 e. The van der Waals surface area contributed by atoms with Gasteiger partial charge in [0.1, 0.15) is 49.3 Å². The van der Waals surface area contributed by atoms with E-state index >= 15 is 4.57 Å². The molecule has 1 N–H and O–H groups in total. The van der Waals surface area contributed by atoms with Crippen LogP contribution in [0.4, 0.5) is 0 Å². The van der Waals surface area contributed by atoms with Crippen molar-refractivity contribution in [2.24, 2.45) is 0 Å². The van der Waals surface area contributed by atoms with Gasteiger partial charge in [0.2, 0.25) is 0 Å². The lowest BCUT2D eigenvalue weighted by molar-refractivity contribution is -0.279. The van der Waals surface area contributed by atoms with E-state index in [9.17, 15) is 14.5 Å². The molecule has 496 valence electrons. The fourth-order valence-electron chi connectivity index (χ4n) is 11.8. The van der Waals surface area contributed by atoms with Crippen LogP contribution < -0.4 is 0 Å². The van der Waals surface area contributed by atoms with Crippen LogP contribution in [0.1, 0.15) is 228 Å². The van der Waals surface area contributed by atoms with Crippen LogP contribution in [0.5, 0.6) is 0 Å². The third-order valence-electron chi connectivity index (χ3n) is 17.1. The van der Waals surface area contributed by atoms with Crippen LogP contribution in [-0.2, 0) is 84.9 Å². The molecule has 0 spiro atoms. The van der Waals surface area contributed by atoms with Crippen molar-refractivity contribution in [1.82, 2.24) is 0 Å². The summed E-state index contributed by atoms with van der Waals surface area (Å²) in [5, 5.41) is 0. The second kappa shape index (κ2) is 46.1. The van der Waals surface area contributed by atoms with Gasteiger partial charge in [-0.05, 0) is 47.1 Å². The molecule has 0 saturated heterocycles. The second-order valence-electron chi connectivity index (χ2n) is 24.8. The molecular weight excluding hydrogens is 1150 g/mol. The summed E-state index contributed by atoms with van der Waals surface area (Å²) in [4.78, 5) is 39.5. The molecule has 6 rings (SSSR count). The molecule has 13 heteroatoms. The third kappa shape index (κ3) is 31.1. The number of hydrogen-bond donors (Lipinski definition) is 1. The highest BCUT2D eigenvalue weighted by Gasteiger charge is 2.56. The number of unbranched alkanes of at least 4 members (excludes halogenated alkanes) is 24. The number of carbonyl (C=O) groups excluding carboxylic acids is 2. The predicted molar refractivity (Wildman–Crippen MR) is 361 cm³/mol. The van der Waals surface area contributed by atoms with Gasteiger partial charge < -0.3 is 38.1 Å². The van der Waals surface area contributed by atoms with E-state index in [0.29, 0.717) is 12.8 Å². The van der Waals surface area contributed by atoms with Crippen LogP contribution in [0.25, 0.3) is 0 Å². The Labute approximate surface area is 541 Å². The van der Waals surface area contributed by atoms with Crippen LogP contribution in [0.3, 0.4) is 0 Å². The molecule has 0 aliphatic heterocycles. The summed E-state index contributed by atoms with van der Waals surface area (Å²) < 4.78 is 69.0. The number of carbonyl (C=O) groups is 2. The van der Waals surface area contributed by atoms with Gasteiger partial charge in [-0.3, -0.25) is 18.7 Å². The van der Waals surface area contributed by atoms with E-state index < -0.39 is 62.5 Å². The van der Waals surface area contributed by atoms with Gasteiger partial charge in [-0.2, -0.15) is 0 Å². The first-order chi connectivity index (χ1) is 44.2. The highest BCUT2D eigenvalue weighted by atomic mass is 31.2. The Morgan fingerprint density at radius 3 is 0.911 bits per heavy atom. The van der Waals surface area contributed by atoms with E-state index in [1.165, 1.54) is 116 Å². The number of esters is 2. The Hall–Kier alpha value is -5.01. The summed E-state index contributed by atoms with van der Waals surface area (Å²) in [6.07, 6.45) is 23.6. The minimum atomic E-state index is -4.70. The van der Waals surface area contributed by atoms with Crippen molar-refractivity contribution in [3.63, 3.8) is 0 Å². The highest BCUT2D eigenvalue weighted by Crippen LogP contribution is 2.49. The van der Waals surface area contributed by atoms with Gasteiger partial charge in [0.15, 0.2) is 0 Å². The molecule has 8 atom stereocenters. The third-order valence-corrected chi connectivity index (χ3v) is 18.5. The zero-order valence-electron chi connectivity index (χ0n) is 54.8. The van der Waals surface area contributed by atoms with Crippen LogP contribution in [0.2, 0.25) is 0 Å². The molecule has 1 saturated carbocycles. The molecule has 0 bridgehead atoms. The fraction of sp³-hybridized carbons (Fsp3) is 0.584. The summed E-state index contributed by atoms with van der Waals surface area (Å²) in [6.45, 7) is 4.94. The second-order valence-corrected chi connectivity index (χ2v) is 26.7. The molecule has 0 aromatic heterocycles. The maximum atomic E-state index is 15.2. The SMILES string of the molecule is CCCCCCCCCCCCCCCC(=O)OCC(CCP(=O)(O)O[C@@H]1[C@@H](OCc2ccccc2)[C@H](OCc2ccccc2)[C@@H](OCc2ccccc2)[C@H](OCc2ccccc2)[C@@H]1OCc1ccccc1)OC(=O)CCCCCCCCCCCCCCC. The maximum Gasteiger partial charge on any atom is 0.328 e. The van der Waals surface area contributed by atoms with Crippen molar-refractivity contribution >= 4 is 19.5 Å². The van der Waals surface area contributed by atoms with Crippen LogP contribution in [0.15, 0.2) is 152 Å². The van der Waals surface area contributed by atoms with E-state index in [4.69, 9.17) is 37.7 Å². The van der Waals surface area contributed by atoms with E-state index in [0.717, 1.165) is 66.3 Å². The average Bonchev–Trinajstić information content (AvgIpc) is 0.807. The van der Waals surface area contributed by atoms with Crippen molar-refractivity contribution in [2.75, 3.05) is 12.8 Å². The molecule has 12 nitrogen and oxygen atoms in total. The summed E-state index contributed by atoms with van der Waals surface area (Å²) in [7, 11) is -4.70. The van der Waals surface area contributed by atoms with Gasteiger partial charge in [0, 0.05) is 12.8 Å². The molecule has 5 aromatic rings. The van der Waals surface area contributed by atoms with Crippen molar-refractivity contribution in [2.45, 2.75) is 276 Å². The van der Waals surface area contributed by atoms with Gasteiger partial charge in [-0.15, -0.1) is 0 Å². The molecule has 0 heterocycles. The van der Waals surface area contributed by atoms with Crippen molar-refractivity contribution in [3.05, 3.63) is 179 Å². The molecule has 1 aliphatic rings. The predicted octanol–water partition coefficient (Wildman–Crippen LogP) is 19.3. The van der Waals surface area contributed by atoms with Gasteiger partial charge in [0.05, 0.1) is 39.2 Å². The van der Waals surface area contributed by atoms with Gasteiger partial charge in [-0.1, -0.05) is 320 Å².